The zero-order valence-electron chi connectivity index (χ0n) is 11.5. The molecule has 0 saturated carbocycles. The molecule has 1 N–H and O–H groups in total. The highest BCUT2D eigenvalue weighted by Crippen LogP contribution is 2.35. The third-order valence-electron chi connectivity index (χ3n) is 3.62. The second-order valence-electron chi connectivity index (χ2n) is 4.91. The molecule has 0 radical (unpaired) electrons. The zero-order valence-corrected chi connectivity index (χ0v) is 12.2. The van der Waals surface area contributed by atoms with Crippen molar-refractivity contribution in [3.8, 4) is 0 Å². The van der Waals surface area contributed by atoms with Crippen LogP contribution in [0, 0.1) is 13.8 Å². The van der Waals surface area contributed by atoms with Gasteiger partial charge in [0.25, 0.3) is 5.91 Å². The van der Waals surface area contributed by atoms with Gasteiger partial charge in [-0.15, -0.1) is 0 Å². The van der Waals surface area contributed by atoms with Crippen LogP contribution in [0.4, 0.5) is 5.69 Å². The Morgan fingerprint density at radius 2 is 2.10 bits per heavy atom. The van der Waals surface area contributed by atoms with Gasteiger partial charge >= 0.3 is 0 Å². The summed E-state index contributed by atoms with van der Waals surface area (Å²) >= 11 is 6.02. The number of benzene rings is 1. The van der Waals surface area contributed by atoms with E-state index in [4.69, 9.17) is 11.6 Å². The van der Waals surface area contributed by atoms with Gasteiger partial charge in [-0.2, -0.15) is 5.10 Å². The van der Waals surface area contributed by atoms with Gasteiger partial charge in [-0.25, -0.2) is 0 Å². The maximum absolute atomic E-state index is 12.1. The monoisotopic (exact) mass is 287 g/mol. The van der Waals surface area contributed by atoms with E-state index in [1.165, 1.54) is 0 Å². The zero-order chi connectivity index (χ0) is 14.4. The standard InChI is InChI=1S/C15H14ClN3O/c1-8-11(9(2)19(3)18-8)7-13-12-6-10(16)4-5-14(12)17-15(13)20/h4-7H,1-3H3,(H,17,20)/b13-7-. The van der Waals surface area contributed by atoms with Gasteiger partial charge < -0.3 is 5.32 Å². The van der Waals surface area contributed by atoms with E-state index in [-0.39, 0.29) is 5.91 Å². The number of hydrogen-bond donors (Lipinski definition) is 1. The molecule has 0 aliphatic carbocycles. The SMILES string of the molecule is Cc1nn(C)c(C)c1/C=C1\C(=O)Nc2ccc(Cl)cc21. The Morgan fingerprint density at radius 3 is 2.75 bits per heavy atom. The summed E-state index contributed by atoms with van der Waals surface area (Å²) in [7, 11) is 1.89. The average Bonchev–Trinajstić information content (AvgIpc) is 2.82. The van der Waals surface area contributed by atoms with Crippen LogP contribution in [0.1, 0.15) is 22.5 Å². The van der Waals surface area contributed by atoms with Crippen LogP contribution in [0.15, 0.2) is 18.2 Å². The minimum atomic E-state index is -0.107. The largest absolute Gasteiger partial charge is 0.321 e. The maximum Gasteiger partial charge on any atom is 0.256 e. The maximum atomic E-state index is 12.1. The van der Waals surface area contributed by atoms with Crippen LogP contribution < -0.4 is 5.32 Å². The Morgan fingerprint density at radius 1 is 1.35 bits per heavy atom. The molecule has 1 aromatic carbocycles. The first-order chi connectivity index (χ1) is 9.47. The summed E-state index contributed by atoms with van der Waals surface area (Å²) in [5, 5.41) is 7.83. The lowest BCUT2D eigenvalue weighted by Crippen LogP contribution is -2.03. The molecule has 1 aliphatic heterocycles. The Bertz CT molecular complexity index is 759. The Hall–Kier alpha value is -2.07. The van der Waals surface area contributed by atoms with E-state index in [2.05, 4.69) is 10.4 Å². The number of carbonyl (C=O) groups is 1. The van der Waals surface area contributed by atoms with E-state index in [0.717, 1.165) is 28.2 Å². The number of amides is 1. The van der Waals surface area contributed by atoms with Crippen LogP contribution in [0.25, 0.3) is 11.6 Å². The highest BCUT2D eigenvalue weighted by Gasteiger charge is 2.25. The van der Waals surface area contributed by atoms with E-state index in [0.29, 0.717) is 10.6 Å². The molecule has 0 spiro atoms. The number of rotatable bonds is 1. The summed E-state index contributed by atoms with van der Waals surface area (Å²) in [4.78, 5) is 12.1. The van der Waals surface area contributed by atoms with Crippen molar-refractivity contribution in [2.24, 2.45) is 7.05 Å². The molecule has 1 aliphatic rings. The Labute approximate surface area is 122 Å². The van der Waals surface area contributed by atoms with Gasteiger partial charge in [-0.3, -0.25) is 9.48 Å². The predicted molar refractivity (Wildman–Crippen MR) is 80.6 cm³/mol. The van der Waals surface area contributed by atoms with Gasteiger partial charge in [0, 0.05) is 40.2 Å². The molecule has 0 bridgehead atoms. The van der Waals surface area contributed by atoms with Crippen molar-refractivity contribution in [3.63, 3.8) is 0 Å². The van der Waals surface area contributed by atoms with Crippen LogP contribution in [-0.4, -0.2) is 15.7 Å². The topological polar surface area (TPSA) is 46.9 Å². The molecule has 20 heavy (non-hydrogen) atoms. The van der Waals surface area contributed by atoms with Crippen molar-refractivity contribution in [2.75, 3.05) is 5.32 Å². The molecule has 2 aromatic rings. The van der Waals surface area contributed by atoms with Gasteiger partial charge in [-0.05, 0) is 38.1 Å². The molecule has 102 valence electrons. The second kappa shape index (κ2) is 4.49. The van der Waals surface area contributed by atoms with Crippen molar-refractivity contribution < 1.29 is 4.79 Å². The molecule has 1 aromatic heterocycles. The number of anilines is 1. The van der Waals surface area contributed by atoms with Crippen molar-refractivity contribution in [1.82, 2.24) is 9.78 Å². The number of aryl methyl sites for hydroxylation is 2. The lowest BCUT2D eigenvalue weighted by molar-refractivity contribution is -0.110. The predicted octanol–water partition coefficient (Wildman–Crippen LogP) is 3.18. The van der Waals surface area contributed by atoms with E-state index in [9.17, 15) is 4.79 Å². The molecule has 0 atom stereocenters. The number of carbonyl (C=O) groups excluding carboxylic acids is 1. The minimum absolute atomic E-state index is 0.107. The van der Waals surface area contributed by atoms with Crippen LogP contribution in [0.3, 0.4) is 0 Å². The summed E-state index contributed by atoms with van der Waals surface area (Å²) < 4.78 is 1.81. The Kier molecular flexibility index (Phi) is 2.91. The summed E-state index contributed by atoms with van der Waals surface area (Å²) in [5.41, 5.74) is 5.17. The third kappa shape index (κ3) is 1.93. The fourth-order valence-electron chi connectivity index (χ4n) is 2.45. The first-order valence-corrected chi connectivity index (χ1v) is 6.68. The first kappa shape index (κ1) is 12.9. The molecule has 4 nitrogen and oxygen atoms in total. The number of aromatic nitrogens is 2. The number of nitrogens with one attached hydrogen (secondary N) is 1. The van der Waals surface area contributed by atoms with Crippen LogP contribution in [-0.2, 0) is 11.8 Å². The quantitative estimate of drug-likeness (QED) is 0.819. The molecule has 0 fully saturated rings. The molecular formula is C15H14ClN3O. The number of nitrogens with zero attached hydrogens (tertiary/aromatic N) is 2. The van der Waals surface area contributed by atoms with E-state index < -0.39 is 0 Å². The smallest absolute Gasteiger partial charge is 0.256 e. The molecule has 5 heteroatoms. The van der Waals surface area contributed by atoms with Crippen molar-refractivity contribution in [2.45, 2.75) is 13.8 Å². The second-order valence-corrected chi connectivity index (χ2v) is 5.35. The van der Waals surface area contributed by atoms with Crippen molar-refractivity contribution in [1.29, 1.82) is 0 Å². The number of hydrogen-bond acceptors (Lipinski definition) is 2. The highest BCUT2D eigenvalue weighted by molar-refractivity contribution is 6.36. The Balaban J connectivity index is 2.18. The lowest BCUT2D eigenvalue weighted by atomic mass is 10.0. The lowest BCUT2D eigenvalue weighted by Gasteiger charge is -2.00. The summed E-state index contributed by atoms with van der Waals surface area (Å²) in [6, 6.07) is 5.39. The molecule has 0 saturated heterocycles. The third-order valence-corrected chi connectivity index (χ3v) is 3.85. The van der Waals surface area contributed by atoms with Crippen LogP contribution >= 0.6 is 11.6 Å². The molecule has 1 amide bonds. The molecule has 2 heterocycles. The number of fused-ring (bicyclic) bond motifs is 1. The van der Waals surface area contributed by atoms with Gasteiger partial charge in [0.05, 0.1) is 5.69 Å². The fourth-order valence-corrected chi connectivity index (χ4v) is 2.62. The summed E-state index contributed by atoms with van der Waals surface area (Å²) in [6.45, 7) is 3.92. The van der Waals surface area contributed by atoms with Gasteiger partial charge in [0.1, 0.15) is 0 Å². The van der Waals surface area contributed by atoms with Crippen molar-refractivity contribution >= 4 is 34.8 Å². The van der Waals surface area contributed by atoms with Crippen LogP contribution in [0.2, 0.25) is 5.02 Å². The fraction of sp³-hybridized carbons (Fsp3) is 0.200. The van der Waals surface area contributed by atoms with Crippen LogP contribution in [0.5, 0.6) is 0 Å². The summed E-state index contributed by atoms with van der Waals surface area (Å²) in [5.74, 6) is -0.107. The molecular weight excluding hydrogens is 274 g/mol. The minimum Gasteiger partial charge on any atom is -0.321 e. The average molecular weight is 288 g/mol. The number of halogens is 1. The van der Waals surface area contributed by atoms with Gasteiger partial charge in [0.15, 0.2) is 0 Å². The highest BCUT2D eigenvalue weighted by atomic mass is 35.5. The van der Waals surface area contributed by atoms with Gasteiger partial charge in [0.2, 0.25) is 0 Å². The van der Waals surface area contributed by atoms with Gasteiger partial charge in [-0.1, -0.05) is 11.6 Å². The van der Waals surface area contributed by atoms with E-state index >= 15 is 0 Å². The summed E-state index contributed by atoms with van der Waals surface area (Å²) in [6.07, 6.45) is 1.88. The normalized spacial score (nSPS) is 15.6. The molecule has 3 rings (SSSR count). The van der Waals surface area contributed by atoms with E-state index in [1.807, 2.05) is 43.8 Å². The van der Waals surface area contributed by atoms with E-state index in [1.54, 1.807) is 6.07 Å². The first-order valence-electron chi connectivity index (χ1n) is 6.30. The molecule has 0 unspecified atom stereocenters. The van der Waals surface area contributed by atoms with Crippen molar-refractivity contribution in [3.05, 3.63) is 45.7 Å².